The third-order valence-corrected chi connectivity index (χ3v) is 1.70. The summed E-state index contributed by atoms with van der Waals surface area (Å²) in [6.45, 7) is 6.05. The van der Waals surface area contributed by atoms with Crippen LogP contribution in [0.1, 0.15) is 19.0 Å². The Labute approximate surface area is 73.2 Å². The topological polar surface area (TPSA) is 17.8 Å². The fourth-order valence-electron chi connectivity index (χ4n) is 1.01. The molecule has 1 aromatic heterocycles. The van der Waals surface area contributed by atoms with Crippen LogP contribution in [0.3, 0.4) is 0 Å². The molecule has 0 atom stereocenters. The molecule has 0 unspecified atom stereocenters. The predicted octanol–water partition coefficient (Wildman–Crippen LogP) is 2.40. The van der Waals surface area contributed by atoms with E-state index in [2.05, 4.69) is 24.6 Å². The molecule has 0 aliphatic heterocycles. The summed E-state index contributed by atoms with van der Waals surface area (Å²) < 4.78 is 1.96. The molecule has 2 heteroatoms. The Bertz CT molecular complexity index is 295. The largest absolute Gasteiger partial charge is 0.334 e. The van der Waals surface area contributed by atoms with E-state index in [0.29, 0.717) is 0 Å². The Balaban J connectivity index is 2.78. The molecule has 2 nitrogen and oxygen atoms in total. The van der Waals surface area contributed by atoms with Crippen molar-refractivity contribution in [2.24, 2.45) is 7.05 Å². The van der Waals surface area contributed by atoms with Crippen LogP contribution in [0, 0.1) is 0 Å². The van der Waals surface area contributed by atoms with Gasteiger partial charge in [0.05, 0.1) is 18.2 Å². The van der Waals surface area contributed by atoms with E-state index in [1.54, 1.807) is 6.33 Å². The fraction of sp³-hybridized carbons (Fsp3) is 0.300. The quantitative estimate of drug-likeness (QED) is 0.624. The van der Waals surface area contributed by atoms with E-state index in [9.17, 15) is 0 Å². The van der Waals surface area contributed by atoms with Crippen LogP contribution >= 0.6 is 0 Å². The zero-order valence-electron chi connectivity index (χ0n) is 7.62. The van der Waals surface area contributed by atoms with Crippen LogP contribution in [-0.2, 0) is 7.05 Å². The first kappa shape index (κ1) is 8.78. The first-order valence-electron chi connectivity index (χ1n) is 4.08. The minimum atomic E-state index is 1.01. The van der Waals surface area contributed by atoms with Crippen LogP contribution < -0.4 is 0 Å². The number of nitrogens with zero attached hydrogens (tertiary/aromatic N) is 2. The summed E-state index contributed by atoms with van der Waals surface area (Å²) in [5.74, 6) is 0. The molecule has 0 aromatic carbocycles. The van der Waals surface area contributed by atoms with Crippen LogP contribution in [0.4, 0.5) is 0 Å². The van der Waals surface area contributed by atoms with Gasteiger partial charge < -0.3 is 4.57 Å². The van der Waals surface area contributed by atoms with Crippen LogP contribution in [0.2, 0.25) is 0 Å². The van der Waals surface area contributed by atoms with E-state index in [-0.39, 0.29) is 0 Å². The van der Waals surface area contributed by atoms with Gasteiger partial charge in [0.25, 0.3) is 0 Å². The molecule has 0 saturated carbocycles. The molecule has 0 bridgehead atoms. The summed E-state index contributed by atoms with van der Waals surface area (Å²) in [5.41, 5.74) is 2.08. The van der Waals surface area contributed by atoms with Gasteiger partial charge >= 0.3 is 0 Å². The van der Waals surface area contributed by atoms with Crippen LogP contribution in [0.15, 0.2) is 31.3 Å². The Morgan fingerprint density at radius 1 is 1.75 bits per heavy atom. The molecular weight excluding hydrogens is 148 g/mol. The van der Waals surface area contributed by atoms with Crippen molar-refractivity contribution in [3.05, 3.63) is 36.9 Å². The highest BCUT2D eigenvalue weighted by Gasteiger charge is 1.98. The smallest absolute Gasteiger partial charge is 0.0948 e. The monoisotopic (exact) mass is 162 g/mol. The van der Waals surface area contributed by atoms with Gasteiger partial charge in [-0.15, -0.1) is 0 Å². The van der Waals surface area contributed by atoms with Crippen LogP contribution in [0.5, 0.6) is 0 Å². The Hall–Kier alpha value is -1.31. The summed E-state index contributed by atoms with van der Waals surface area (Å²) >= 11 is 0. The van der Waals surface area contributed by atoms with Gasteiger partial charge in [-0.25, -0.2) is 4.98 Å². The molecule has 64 valence electrons. The maximum atomic E-state index is 4.02. The number of hydrogen-bond acceptors (Lipinski definition) is 1. The van der Waals surface area contributed by atoms with Crippen molar-refractivity contribution in [1.29, 1.82) is 0 Å². The number of aromatic nitrogens is 2. The number of aryl methyl sites for hydroxylation is 1. The summed E-state index contributed by atoms with van der Waals surface area (Å²) in [7, 11) is 1.97. The van der Waals surface area contributed by atoms with E-state index in [1.165, 1.54) is 0 Å². The highest BCUT2D eigenvalue weighted by molar-refractivity contribution is 5.69. The molecule has 1 aromatic rings. The van der Waals surface area contributed by atoms with Gasteiger partial charge in [0, 0.05) is 7.05 Å². The summed E-state index contributed by atoms with van der Waals surface area (Å²) in [4.78, 5) is 4.02. The number of imidazole rings is 1. The maximum Gasteiger partial charge on any atom is 0.0948 e. The van der Waals surface area contributed by atoms with E-state index < -0.39 is 0 Å². The van der Waals surface area contributed by atoms with Crippen molar-refractivity contribution in [2.45, 2.75) is 13.3 Å². The molecule has 0 amide bonds. The SMILES string of the molecule is C=C(/C=C\CC)c1cncn1C. The Morgan fingerprint density at radius 3 is 3.00 bits per heavy atom. The molecule has 0 N–H and O–H groups in total. The molecule has 0 radical (unpaired) electrons. The first-order valence-corrected chi connectivity index (χ1v) is 4.08. The van der Waals surface area contributed by atoms with Crippen molar-refractivity contribution in [1.82, 2.24) is 9.55 Å². The zero-order valence-corrected chi connectivity index (χ0v) is 7.62. The molecule has 0 saturated heterocycles. The molecule has 0 fully saturated rings. The van der Waals surface area contributed by atoms with Gasteiger partial charge in [-0.05, 0) is 12.0 Å². The zero-order chi connectivity index (χ0) is 8.97. The second-order valence-electron chi connectivity index (χ2n) is 2.73. The first-order chi connectivity index (χ1) is 5.75. The average molecular weight is 162 g/mol. The normalized spacial score (nSPS) is 10.8. The highest BCUT2D eigenvalue weighted by Crippen LogP contribution is 2.11. The molecule has 0 aliphatic carbocycles. The molecule has 1 heterocycles. The molecule has 0 spiro atoms. The lowest BCUT2D eigenvalue weighted by Crippen LogP contribution is -1.90. The van der Waals surface area contributed by atoms with Crippen molar-refractivity contribution in [2.75, 3.05) is 0 Å². The number of rotatable bonds is 3. The van der Waals surface area contributed by atoms with Gasteiger partial charge in [-0.3, -0.25) is 0 Å². The highest BCUT2D eigenvalue weighted by atomic mass is 15.0. The van der Waals surface area contributed by atoms with Gasteiger partial charge in [0.2, 0.25) is 0 Å². The van der Waals surface area contributed by atoms with Crippen molar-refractivity contribution < 1.29 is 0 Å². The third-order valence-electron chi connectivity index (χ3n) is 1.70. The van der Waals surface area contributed by atoms with Gasteiger partial charge in [-0.2, -0.15) is 0 Å². The van der Waals surface area contributed by atoms with Crippen molar-refractivity contribution in [3.63, 3.8) is 0 Å². The lowest BCUT2D eigenvalue weighted by atomic mass is 10.2. The molecule has 12 heavy (non-hydrogen) atoms. The van der Waals surface area contributed by atoms with E-state index in [1.807, 2.05) is 23.9 Å². The third kappa shape index (κ3) is 1.84. The predicted molar refractivity (Wildman–Crippen MR) is 51.7 cm³/mol. The van der Waals surface area contributed by atoms with E-state index in [4.69, 9.17) is 0 Å². The Morgan fingerprint density at radius 2 is 2.50 bits per heavy atom. The van der Waals surface area contributed by atoms with E-state index in [0.717, 1.165) is 17.7 Å². The maximum absolute atomic E-state index is 4.02. The second-order valence-corrected chi connectivity index (χ2v) is 2.73. The van der Waals surface area contributed by atoms with Gasteiger partial charge in [0.15, 0.2) is 0 Å². The summed E-state index contributed by atoms with van der Waals surface area (Å²) in [6, 6.07) is 0. The minimum absolute atomic E-state index is 1.01. The molecule has 0 aliphatic rings. The van der Waals surface area contributed by atoms with Crippen molar-refractivity contribution >= 4 is 5.57 Å². The van der Waals surface area contributed by atoms with E-state index >= 15 is 0 Å². The van der Waals surface area contributed by atoms with Crippen molar-refractivity contribution in [3.8, 4) is 0 Å². The van der Waals surface area contributed by atoms with Gasteiger partial charge in [-0.1, -0.05) is 25.7 Å². The molecule has 1 rings (SSSR count). The lowest BCUT2D eigenvalue weighted by molar-refractivity contribution is 0.899. The van der Waals surface area contributed by atoms with Gasteiger partial charge in [0.1, 0.15) is 0 Å². The van der Waals surface area contributed by atoms with Crippen LogP contribution in [0.25, 0.3) is 5.57 Å². The summed E-state index contributed by atoms with van der Waals surface area (Å²) in [5, 5.41) is 0. The Kier molecular flexibility index (Phi) is 2.86. The second kappa shape index (κ2) is 3.90. The van der Waals surface area contributed by atoms with Crippen LogP contribution in [-0.4, -0.2) is 9.55 Å². The fourth-order valence-corrected chi connectivity index (χ4v) is 1.01. The average Bonchev–Trinajstić information content (AvgIpc) is 2.47. The number of allylic oxidation sites excluding steroid dienone is 3. The lowest BCUT2D eigenvalue weighted by Gasteiger charge is -1.99. The summed E-state index contributed by atoms with van der Waals surface area (Å²) in [6.07, 6.45) is 8.76. The number of hydrogen-bond donors (Lipinski definition) is 0. The minimum Gasteiger partial charge on any atom is -0.334 e. The molecular formula is C10H14N2. The standard InChI is InChI=1S/C10H14N2/c1-4-5-6-9(2)10-7-11-8-12(10)3/h5-8H,2,4H2,1,3H3/b6-5-.